The molecule has 4 heteroatoms. The van der Waals surface area contributed by atoms with Crippen molar-refractivity contribution in [2.24, 2.45) is 5.73 Å². The number of benzene rings is 1. The first kappa shape index (κ1) is 11.9. The average molecular weight is 233 g/mol. The number of nitrogens with two attached hydrogens (primary N) is 1. The fourth-order valence-electron chi connectivity index (χ4n) is 2.19. The molecule has 0 saturated carbocycles. The number of nitrogens with one attached hydrogen (secondary N) is 1. The van der Waals surface area contributed by atoms with E-state index in [1.165, 1.54) is 0 Å². The van der Waals surface area contributed by atoms with Gasteiger partial charge in [0.05, 0.1) is 0 Å². The predicted octanol–water partition coefficient (Wildman–Crippen LogP) is 1.84. The topological polar surface area (TPSA) is 58.4 Å². The minimum absolute atomic E-state index is 0.00220. The molecule has 1 fully saturated rings. The second-order valence-electron chi connectivity index (χ2n) is 4.42. The molecule has 4 nitrogen and oxygen atoms in total. The van der Waals surface area contributed by atoms with Gasteiger partial charge in [0.15, 0.2) is 0 Å². The molecule has 2 rings (SSSR count). The number of nitrogens with zero attached hydrogens (tertiary/aromatic N) is 1. The molecule has 3 N–H and O–H groups in total. The highest BCUT2D eigenvalue weighted by Gasteiger charge is 2.28. The number of amides is 2. The summed E-state index contributed by atoms with van der Waals surface area (Å²) >= 11 is 0. The molecule has 17 heavy (non-hydrogen) atoms. The highest BCUT2D eigenvalue weighted by Crippen LogP contribution is 2.20. The lowest BCUT2D eigenvalue weighted by Crippen LogP contribution is -2.28. The fourth-order valence-corrected chi connectivity index (χ4v) is 2.19. The Bertz CT molecular complexity index is 405. The van der Waals surface area contributed by atoms with Crippen LogP contribution in [0.25, 0.3) is 0 Å². The molecule has 0 spiro atoms. The number of anilines is 1. The highest BCUT2D eigenvalue weighted by atomic mass is 16.2. The Morgan fingerprint density at radius 1 is 1.53 bits per heavy atom. The van der Waals surface area contributed by atoms with Gasteiger partial charge in [0.2, 0.25) is 0 Å². The van der Waals surface area contributed by atoms with Gasteiger partial charge in [-0.05, 0) is 24.1 Å². The second-order valence-corrected chi connectivity index (χ2v) is 4.42. The molecule has 1 aromatic rings. The van der Waals surface area contributed by atoms with Crippen molar-refractivity contribution in [3.8, 4) is 0 Å². The van der Waals surface area contributed by atoms with Crippen LogP contribution in [0.1, 0.15) is 25.3 Å². The van der Waals surface area contributed by atoms with E-state index in [1.807, 2.05) is 24.3 Å². The summed E-state index contributed by atoms with van der Waals surface area (Å²) in [6, 6.07) is 8.12. The minimum Gasteiger partial charge on any atom is -0.333 e. The molecule has 0 bridgehead atoms. The van der Waals surface area contributed by atoms with E-state index in [4.69, 9.17) is 5.73 Å². The van der Waals surface area contributed by atoms with Crippen LogP contribution in [-0.4, -0.2) is 18.6 Å². The summed E-state index contributed by atoms with van der Waals surface area (Å²) in [4.78, 5) is 13.6. The number of hydrogen-bond donors (Lipinski definition) is 2. The third-order valence-electron chi connectivity index (χ3n) is 3.07. The van der Waals surface area contributed by atoms with Gasteiger partial charge in [-0.3, -0.25) is 4.90 Å². The highest BCUT2D eigenvalue weighted by molar-refractivity contribution is 5.94. The number of carbonyl (C=O) groups is 1. The summed E-state index contributed by atoms with van der Waals surface area (Å²) in [6.45, 7) is 3.38. The van der Waals surface area contributed by atoms with Crippen LogP contribution in [0.4, 0.5) is 10.5 Å². The summed E-state index contributed by atoms with van der Waals surface area (Å²) in [7, 11) is 0. The van der Waals surface area contributed by atoms with E-state index in [1.54, 1.807) is 4.90 Å². The SMILES string of the molecule is CCCC1CN(c2cccc(CN)c2)C(=O)N1. The van der Waals surface area contributed by atoms with Crippen LogP contribution in [0.15, 0.2) is 24.3 Å². The standard InChI is InChI=1S/C13H19N3O/c1-2-4-11-9-16(13(17)15-11)12-6-3-5-10(7-12)8-14/h3,5-7,11H,2,4,8-9,14H2,1H3,(H,15,17). The van der Waals surface area contributed by atoms with Crippen LogP contribution in [-0.2, 0) is 6.54 Å². The van der Waals surface area contributed by atoms with Crippen LogP contribution in [0, 0.1) is 0 Å². The average Bonchev–Trinajstić information content (AvgIpc) is 2.71. The van der Waals surface area contributed by atoms with E-state index in [0.717, 1.165) is 30.6 Å². The first-order valence-corrected chi connectivity index (χ1v) is 6.11. The lowest BCUT2D eigenvalue weighted by molar-refractivity contribution is 0.250. The van der Waals surface area contributed by atoms with Crippen LogP contribution in [0.2, 0.25) is 0 Å². The first-order valence-electron chi connectivity index (χ1n) is 6.11. The zero-order valence-electron chi connectivity index (χ0n) is 10.1. The lowest BCUT2D eigenvalue weighted by atomic mass is 10.1. The number of hydrogen-bond acceptors (Lipinski definition) is 2. The van der Waals surface area contributed by atoms with Crippen molar-refractivity contribution in [1.29, 1.82) is 0 Å². The van der Waals surface area contributed by atoms with Crippen LogP contribution >= 0.6 is 0 Å². The van der Waals surface area contributed by atoms with Gasteiger partial charge in [0, 0.05) is 24.8 Å². The van der Waals surface area contributed by atoms with Gasteiger partial charge in [-0.15, -0.1) is 0 Å². The van der Waals surface area contributed by atoms with Gasteiger partial charge < -0.3 is 11.1 Å². The molecule has 0 radical (unpaired) electrons. The van der Waals surface area contributed by atoms with Crippen molar-refractivity contribution in [3.05, 3.63) is 29.8 Å². The van der Waals surface area contributed by atoms with Gasteiger partial charge in [0.1, 0.15) is 0 Å². The fraction of sp³-hybridized carbons (Fsp3) is 0.462. The maximum Gasteiger partial charge on any atom is 0.322 e. The Hall–Kier alpha value is -1.55. The normalized spacial score (nSPS) is 19.5. The van der Waals surface area contributed by atoms with Crippen LogP contribution in [0.5, 0.6) is 0 Å². The van der Waals surface area contributed by atoms with E-state index < -0.39 is 0 Å². The van der Waals surface area contributed by atoms with E-state index in [-0.39, 0.29) is 12.1 Å². The molecule has 0 aromatic heterocycles. The second kappa shape index (κ2) is 5.19. The largest absolute Gasteiger partial charge is 0.333 e. The summed E-state index contributed by atoms with van der Waals surface area (Å²) in [6.07, 6.45) is 2.11. The quantitative estimate of drug-likeness (QED) is 0.833. The molecule has 1 heterocycles. The monoisotopic (exact) mass is 233 g/mol. The molecule has 1 atom stereocenters. The molecule has 2 amide bonds. The zero-order valence-corrected chi connectivity index (χ0v) is 10.1. The van der Waals surface area contributed by atoms with Crippen molar-refractivity contribution in [3.63, 3.8) is 0 Å². The summed E-state index contributed by atoms with van der Waals surface area (Å²) in [5, 5.41) is 3.00. The van der Waals surface area contributed by atoms with E-state index >= 15 is 0 Å². The number of urea groups is 1. The summed E-state index contributed by atoms with van der Waals surface area (Å²) in [5.41, 5.74) is 7.59. The van der Waals surface area contributed by atoms with Crippen LogP contribution < -0.4 is 16.0 Å². The summed E-state index contributed by atoms with van der Waals surface area (Å²) in [5.74, 6) is 0. The molecular formula is C13H19N3O. The Morgan fingerprint density at radius 2 is 2.35 bits per heavy atom. The van der Waals surface area contributed by atoms with Gasteiger partial charge >= 0.3 is 6.03 Å². The van der Waals surface area contributed by atoms with Gasteiger partial charge in [-0.2, -0.15) is 0 Å². The van der Waals surface area contributed by atoms with E-state index in [9.17, 15) is 4.79 Å². The lowest BCUT2D eigenvalue weighted by Gasteiger charge is -2.15. The van der Waals surface area contributed by atoms with Crippen molar-refractivity contribution >= 4 is 11.7 Å². The Morgan fingerprint density at radius 3 is 3.06 bits per heavy atom. The van der Waals surface area contributed by atoms with Gasteiger partial charge in [-0.25, -0.2) is 4.79 Å². The minimum atomic E-state index is -0.00220. The Kier molecular flexibility index (Phi) is 3.64. The molecule has 1 saturated heterocycles. The van der Waals surface area contributed by atoms with E-state index in [0.29, 0.717) is 6.54 Å². The van der Waals surface area contributed by atoms with Crippen molar-refractivity contribution < 1.29 is 4.79 Å². The molecule has 0 aliphatic carbocycles. The first-order chi connectivity index (χ1) is 8.24. The molecule has 1 aliphatic heterocycles. The van der Waals surface area contributed by atoms with Crippen molar-refractivity contribution in [2.45, 2.75) is 32.4 Å². The molecule has 1 aliphatic rings. The number of rotatable bonds is 4. The van der Waals surface area contributed by atoms with Gasteiger partial charge in [0.25, 0.3) is 0 Å². The van der Waals surface area contributed by atoms with Crippen LogP contribution in [0.3, 0.4) is 0 Å². The Balaban J connectivity index is 2.14. The zero-order chi connectivity index (χ0) is 12.3. The third kappa shape index (κ3) is 2.58. The molecule has 1 aromatic carbocycles. The van der Waals surface area contributed by atoms with Gasteiger partial charge in [-0.1, -0.05) is 25.5 Å². The summed E-state index contributed by atoms with van der Waals surface area (Å²) < 4.78 is 0. The van der Waals surface area contributed by atoms with Crippen molar-refractivity contribution in [1.82, 2.24) is 5.32 Å². The molecular weight excluding hydrogens is 214 g/mol. The Labute approximate surface area is 102 Å². The smallest absolute Gasteiger partial charge is 0.322 e. The van der Waals surface area contributed by atoms with Crippen molar-refractivity contribution in [2.75, 3.05) is 11.4 Å². The molecule has 1 unspecified atom stereocenters. The number of carbonyl (C=O) groups excluding carboxylic acids is 1. The van der Waals surface area contributed by atoms with E-state index in [2.05, 4.69) is 12.2 Å². The molecule has 92 valence electrons. The predicted molar refractivity (Wildman–Crippen MR) is 68.9 cm³/mol. The maximum absolute atomic E-state index is 11.8. The third-order valence-corrected chi connectivity index (χ3v) is 3.07. The maximum atomic E-state index is 11.8.